The molecule has 0 aromatic rings. The van der Waals surface area contributed by atoms with Gasteiger partial charge in [-0.2, -0.15) is 0 Å². The Morgan fingerprint density at radius 1 is 1.67 bits per heavy atom. The summed E-state index contributed by atoms with van der Waals surface area (Å²) in [7, 11) is 0. The molecule has 1 aliphatic rings. The molecule has 0 heterocycles. The minimum atomic E-state index is -0.817. The molecule has 0 spiro atoms. The van der Waals surface area contributed by atoms with Crippen LogP contribution in [0.15, 0.2) is 11.8 Å². The van der Waals surface area contributed by atoms with Crippen molar-refractivity contribution in [1.82, 2.24) is 0 Å². The average Bonchev–Trinajstić information content (AvgIpc) is 1.80. The highest BCUT2D eigenvalue weighted by Gasteiger charge is 2.17. The van der Waals surface area contributed by atoms with Crippen LogP contribution in [0.5, 0.6) is 0 Å². The van der Waals surface area contributed by atoms with Crippen LogP contribution in [0.4, 0.5) is 0 Å². The van der Waals surface area contributed by atoms with Crippen LogP contribution >= 0.6 is 0 Å². The molecule has 0 aromatic carbocycles. The van der Waals surface area contributed by atoms with Gasteiger partial charge in [-0.05, 0) is 6.42 Å². The second-order valence-corrected chi connectivity index (χ2v) is 2.09. The van der Waals surface area contributed by atoms with E-state index in [1.54, 1.807) is 0 Å². The van der Waals surface area contributed by atoms with Crippen LogP contribution in [0.3, 0.4) is 0 Å². The molecule has 0 fully saturated rings. The first-order valence-electron chi connectivity index (χ1n) is 2.81. The maximum Gasteiger partial charge on any atom is 0.159 e. The summed E-state index contributed by atoms with van der Waals surface area (Å²) >= 11 is 0. The van der Waals surface area contributed by atoms with Crippen molar-refractivity contribution in [3.05, 3.63) is 11.8 Å². The van der Waals surface area contributed by atoms with Crippen molar-refractivity contribution in [2.75, 3.05) is 0 Å². The van der Waals surface area contributed by atoms with E-state index in [2.05, 4.69) is 0 Å². The lowest BCUT2D eigenvalue weighted by molar-refractivity contribution is -0.116. The Kier molecular flexibility index (Phi) is 1.53. The molecular weight excluding hydrogens is 120 g/mol. The van der Waals surface area contributed by atoms with Gasteiger partial charge in [0.15, 0.2) is 5.78 Å². The normalized spacial score (nSPS) is 27.9. The van der Waals surface area contributed by atoms with Gasteiger partial charge in [-0.1, -0.05) is 0 Å². The fourth-order valence-electron chi connectivity index (χ4n) is 0.760. The molecule has 3 heteroatoms. The molecule has 0 bridgehead atoms. The van der Waals surface area contributed by atoms with Gasteiger partial charge in [0.2, 0.25) is 0 Å². The van der Waals surface area contributed by atoms with E-state index in [-0.39, 0.29) is 11.5 Å². The predicted octanol–water partition coefficient (Wildman–Crippen LogP) is 0.152. The van der Waals surface area contributed by atoms with Crippen molar-refractivity contribution in [3.63, 3.8) is 0 Å². The minimum Gasteiger partial charge on any atom is -0.509 e. The molecule has 0 saturated carbocycles. The number of allylic oxidation sites excluding steroid dienone is 1. The number of aliphatic hydroxyl groups is 2. The summed E-state index contributed by atoms with van der Waals surface area (Å²) in [6.45, 7) is 0. The van der Waals surface area contributed by atoms with Gasteiger partial charge < -0.3 is 10.2 Å². The molecule has 9 heavy (non-hydrogen) atoms. The maximum absolute atomic E-state index is 10.5. The fraction of sp³-hybridized carbons (Fsp3) is 0.500. The zero-order chi connectivity index (χ0) is 6.85. The summed E-state index contributed by atoms with van der Waals surface area (Å²) < 4.78 is 0. The zero-order valence-electron chi connectivity index (χ0n) is 4.87. The molecule has 0 radical (unpaired) electrons. The Hall–Kier alpha value is -0.830. The molecule has 50 valence electrons. The van der Waals surface area contributed by atoms with Crippen molar-refractivity contribution in [2.45, 2.75) is 18.9 Å². The number of ketones is 1. The standard InChI is InChI=1S/C6H8O3/c7-4-1-2-5(8)6(9)3-4/h3,5,8-9H,1-2H2. The molecule has 3 nitrogen and oxygen atoms in total. The van der Waals surface area contributed by atoms with Crippen LogP contribution in [0, 0.1) is 0 Å². The lowest BCUT2D eigenvalue weighted by Gasteiger charge is -2.12. The zero-order valence-corrected chi connectivity index (χ0v) is 4.87. The summed E-state index contributed by atoms with van der Waals surface area (Å²) in [4.78, 5) is 10.5. The van der Waals surface area contributed by atoms with Crippen molar-refractivity contribution >= 4 is 5.78 Å². The van der Waals surface area contributed by atoms with E-state index < -0.39 is 6.10 Å². The number of carbonyl (C=O) groups excluding carboxylic acids is 1. The van der Waals surface area contributed by atoms with Crippen molar-refractivity contribution in [1.29, 1.82) is 0 Å². The molecule has 1 atom stereocenters. The highest BCUT2D eigenvalue weighted by atomic mass is 16.3. The van der Waals surface area contributed by atoms with Crippen LogP contribution in [0.1, 0.15) is 12.8 Å². The van der Waals surface area contributed by atoms with Crippen LogP contribution in [0.2, 0.25) is 0 Å². The van der Waals surface area contributed by atoms with Gasteiger partial charge in [0, 0.05) is 12.5 Å². The van der Waals surface area contributed by atoms with Gasteiger partial charge in [-0.25, -0.2) is 0 Å². The van der Waals surface area contributed by atoms with E-state index in [0.29, 0.717) is 12.8 Å². The van der Waals surface area contributed by atoms with Crippen molar-refractivity contribution in [3.8, 4) is 0 Å². The number of hydrogen-bond donors (Lipinski definition) is 2. The molecule has 1 rings (SSSR count). The third-order valence-corrected chi connectivity index (χ3v) is 1.31. The first-order chi connectivity index (χ1) is 4.20. The van der Waals surface area contributed by atoms with E-state index >= 15 is 0 Å². The number of rotatable bonds is 0. The van der Waals surface area contributed by atoms with Crippen molar-refractivity contribution in [2.24, 2.45) is 0 Å². The van der Waals surface area contributed by atoms with Crippen LogP contribution in [0.25, 0.3) is 0 Å². The highest BCUT2D eigenvalue weighted by Crippen LogP contribution is 2.12. The molecule has 0 saturated heterocycles. The summed E-state index contributed by atoms with van der Waals surface area (Å²) in [5, 5.41) is 17.6. The number of aliphatic hydroxyl groups excluding tert-OH is 2. The lowest BCUT2D eigenvalue weighted by atomic mass is 10.0. The van der Waals surface area contributed by atoms with Gasteiger partial charge in [0.25, 0.3) is 0 Å². The Labute approximate surface area is 52.6 Å². The highest BCUT2D eigenvalue weighted by molar-refractivity contribution is 5.91. The van der Waals surface area contributed by atoms with E-state index in [1.807, 2.05) is 0 Å². The summed E-state index contributed by atoms with van der Waals surface area (Å²) in [5.41, 5.74) is 0. The first kappa shape index (κ1) is 6.29. The second kappa shape index (κ2) is 2.19. The van der Waals surface area contributed by atoms with E-state index in [0.717, 1.165) is 6.08 Å². The largest absolute Gasteiger partial charge is 0.509 e. The lowest BCUT2D eigenvalue weighted by Crippen LogP contribution is -2.17. The Morgan fingerprint density at radius 2 is 2.33 bits per heavy atom. The monoisotopic (exact) mass is 128 g/mol. The summed E-state index contributed by atoms with van der Waals surface area (Å²) in [6, 6.07) is 0. The van der Waals surface area contributed by atoms with Gasteiger partial charge in [0.05, 0.1) is 0 Å². The maximum atomic E-state index is 10.5. The van der Waals surface area contributed by atoms with Gasteiger partial charge in [0.1, 0.15) is 11.9 Å². The molecule has 1 aliphatic carbocycles. The van der Waals surface area contributed by atoms with Gasteiger partial charge in [-0.3, -0.25) is 4.79 Å². The average molecular weight is 128 g/mol. The quantitative estimate of drug-likeness (QED) is 0.488. The predicted molar refractivity (Wildman–Crippen MR) is 31.0 cm³/mol. The number of hydrogen-bond acceptors (Lipinski definition) is 3. The number of carbonyl (C=O) groups is 1. The molecular formula is C6H8O3. The van der Waals surface area contributed by atoms with Crippen LogP contribution in [-0.2, 0) is 4.79 Å². The van der Waals surface area contributed by atoms with Gasteiger partial charge in [-0.15, -0.1) is 0 Å². The molecule has 0 amide bonds. The Morgan fingerprint density at radius 3 is 2.78 bits per heavy atom. The topological polar surface area (TPSA) is 57.5 Å². The SMILES string of the molecule is O=C1C=C(O)C(O)CC1. The molecule has 1 unspecified atom stereocenters. The van der Waals surface area contributed by atoms with Crippen LogP contribution in [-0.4, -0.2) is 22.1 Å². The third-order valence-electron chi connectivity index (χ3n) is 1.31. The third kappa shape index (κ3) is 1.29. The van der Waals surface area contributed by atoms with E-state index in [4.69, 9.17) is 10.2 Å². The molecule has 0 aliphatic heterocycles. The van der Waals surface area contributed by atoms with E-state index in [9.17, 15) is 4.79 Å². The first-order valence-corrected chi connectivity index (χ1v) is 2.81. The Bertz CT molecular complexity index is 160. The van der Waals surface area contributed by atoms with Gasteiger partial charge >= 0.3 is 0 Å². The molecule has 0 aromatic heterocycles. The van der Waals surface area contributed by atoms with Crippen LogP contribution < -0.4 is 0 Å². The summed E-state index contributed by atoms with van der Waals surface area (Å²) in [6.07, 6.45) is 0.947. The van der Waals surface area contributed by atoms with E-state index in [1.165, 1.54) is 0 Å². The smallest absolute Gasteiger partial charge is 0.159 e. The Balaban J connectivity index is 2.72. The fourth-order valence-corrected chi connectivity index (χ4v) is 0.760. The minimum absolute atomic E-state index is 0.113. The second-order valence-electron chi connectivity index (χ2n) is 2.09. The van der Waals surface area contributed by atoms with Crippen molar-refractivity contribution < 1.29 is 15.0 Å². The summed E-state index contributed by atoms with van der Waals surface area (Å²) in [5.74, 6) is -0.316. The molecule has 2 N–H and O–H groups in total.